The number of Topliss-reactive ketones (excluding diaryl/α,β-unsaturated/α-hetero) is 1. The summed E-state index contributed by atoms with van der Waals surface area (Å²) in [6.07, 6.45) is 4.77. The summed E-state index contributed by atoms with van der Waals surface area (Å²) in [5.74, 6) is -0.144. The Hall–Kier alpha value is -4.06. The molecule has 1 fully saturated rings. The first-order valence-electron chi connectivity index (χ1n) is 12.7. The van der Waals surface area contributed by atoms with Crippen LogP contribution in [0.3, 0.4) is 0 Å². The van der Waals surface area contributed by atoms with Crippen LogP contribution in [0.5, 0.6) is 11.5 Å². The number of hydrogen-bond donors (Lipinski definition) is 1. The van der Waals surface area contributed by atoms with Crippen molar-refractivity contribution in [3.05, 3.63) is 100 Å². The number of methoxy groups -OCH3 is 2. The van der Waals surface area contributed by atoms with Crippen LogP contribution in [0.2, 0.25) is 0 Å². The van der Waals surface area contributed by atoms with Crippen molar-refractivity contribution in [2.75, 3.05) is 20.8 Å². The molecule has 1 aliphatic carbocycles. The van der Waals surface area contributed by atoms with Gasteiger partial charge in [0.2, 0.25) is 0 Å². The van der Waals surface area contributed by atoms with Crippen molar-refractivity contribution in [2.24, 2.45) is 0 Å². The predicted octanol–water partition coefficient (Wildman–Crippen LogP) is 5.25. The van der Waals surface area contributed by atoms with E-state index < -0.39 is 17.7 Å². The lowest BCUT2D eigenvalue weighted by molar-refractivity contribution is -0.139. The van der Waals surface area contributed by atoms with E-state index in [1.807, 2.05) is 66.7 Å². The van der Waals surface area contributed by atoms with Crippen molar-refractivity contribution in [3.8, 4) is 11.5 Å². The average Bonchev–Trinajstić information content (AvgIpc) is 3.20. The van der Waals surface area contributed by atoms with Crippen LogP contribution in [0.15, 0.2) is 72.3 Å². The number of aliphatic hydroxyl groups excluding tert-OH is 1. The topological polar surface area (TPSA) is 76.1 Å². The van der Waals surface area contributed by atoms with Crippen LogP contribution >= 0.6 is 0 Å². The molecule has 1 heterocycles. The van der Waals surface area contributed by atoms with Crippen molar-refractivity contribution in [1.29, 1.82) is 0 Å². The van der Waals surface area contributed by atoms with Crippen LogP contribution in [-0.2, 0) is 28.9 Å². The second kappa shape index (κ2) is 10.5. The Morgan fingerprint density at radius 1 is 0.892 bits per heavy atom. The van der Waals surface area contributed by atoms with E-state index in [1.165, 1.54) is 11.1 Å². The maximum atomic E-state index is 13.4. The number of carbonyl (C=O) groups excluding carboxylic acids is 2. The lowest BCUT2D eigenvalue weighted by Crippen LogP contribution is -2.31. The van der Waals surface area contributed by atoms with Gasteiger partial charge in [-0.05, 0) is 72.6 Å². The molecule has 1 atom stereocenters. The quantitative estimate of drug-likeness (QED) is 0.274. The lowest BCUT2D eigenvalue weighted by atomic mass is 9.88. The minimum Gasteiger partial charge on any atom is -0.507 e. The van der Waals surface area contributed by atoms with Crippen LogP contribution in [0, 0.1) is 0 Å². The first-order valence-corrected chi connectivity index (χ1v) is 12.7. The molecular formula is C31H31NO5. The molecule has 0 radical (unpaired) electrons. The number of benzene rings is 3. The van der Waals surface area contributed by atoms with Gasteiger partial charge in [0, 0.05) is 12.1 Å². The van der Waals surface area contributed by atoms with Gasteiger partial charge in [-0.15, -0.1) is 0 Å². The fourth-order valence-corrected chi connectivity index (χ4v) is 5.41. The zero-order valence-corrected chi connectivity index (χ0v) is 21.2. The highest BCUT2D eigenvalue weighted by atomic mass is 16.5. The number of aryl methyl sites for hydroxylation is 2. The Bertz CT molecular complexity index is 1360. The number of hydrogen-bond acceptors (Lipinski definition) is 5. The molecule has 1 aliphatic heterocycles. The van der Waals surface area contributed by atoms with Gasteiger partial charge in [-0.1, -0.05) is 48.5 Å². The molecule has 1 N–H and O–H groups in total. The molecule has 1 amide bonds. The van der Waals surface area contributed by atoms with Crippen molar-refractivity contribution in [2.45, 2.75) is 38.1 Å². The maximum absolute atomic E-state index is 13.4. The minimum atomic E-state index is -0.669. The highest BCUT2D eigenvalue weighted by Crippen LogP contribution is 2.40. The van der Waals surface area contributed by atoms with Gasteiger partial charge in [0.25, 0.3) is 11.7 Å². The van der Waals surface area contributed by atoms with E-state index in [4.69, 9.17) is 9.47 Å². The van der Waals surface area contributed by atoms with Crippen LogP contribution < -0.4 is 9.47 Å². The standard InChI is InChI=1S/C31H31NO5/c1-36-25-15-12-20(18-26(25)37-2)16-17-32-28(22-9-4-3-5-10-22)27(30(34)31(32)35)29(33)24-14-13-21-8-6-7-11-23(21)19-24/h3-5,9-10,12-15,18-19,28,33H,6-8,11,16-17H2,1-2H3/b29-27-. The van der Waals surface area contributed by atoms with E-state index in [9.17, 15) is 14.7 Å². The largest absolute Gasteiger partial charge is 0.507 e. The van der Waals surface area contributed by atoms with E-state index in [2.05, 4.69) is 0 Å². The maximum Gasteiger partial charge on any atom is 0.295 e. The zero-order chi connectivity index (χ0) is 25.9. The number of likely N-dealkylation sites (tertiary alicyclic amines) is 1. The molecule has 6 nitrogen and oxygen atoms in total. The summed E-state index contributed by atoms with van der Waals surface area (Å²) in [6, 6.07) is 20.2. The second-order valence-electron chi connectivity index (χ2n) is 9.53. The van der Waals surface area contributed by atoms with Crippen molar-refractivity contribution in [3.63, 3.8) is 0 Å². The molecule has 5 rings (SSSR count). The molecule has 6 heteroatoms. The number of nitrogens with zero attached hydrogens (tertiary/aromatic N) is 1. The van der Waals surface area contributed by atoms with Gasteiger partial charge in [-0.2, -0.15) is 0 Å². The van der Waals surface area contributed by atoms with E-state index in [0.29, 0.717) is 30.0 Å². The Balaban J connectivity index is 1.52. The first kappa shape index (κ1) is 24.6. The second-order valence-corrected chi connectivity index (χ2v) is 9.53. The van der Waals surface area contributed by atoms with Gasteiger partial charge in [-0.3, -0.25) is 9.59 Å². The fourth-order valence-electron chi connectivity index (χ4n) is 5.41. The molecular weight excluding hydrogens is 466 g/mol. The van der Waals surface area contributed by atoms with E-state index in [0.717, 1.165) is 36.8 Å². The van der Waals surface area contributed by atoms with Crippen LogP contribution in [0.1, 0.15) is 46.7 Å². The summed E-state index contributed by atoms with van der Waals surface area (Å²) in [5.41, 5.74) is 4.94. The number of carbonyl (C=O) groups is 2. The summed E-state index contributed by atoms with van der Waals surface area (Å²) in [7, 11) is 3.16. The third-order valence-electron chi connectivity index (χ3n) is 7.37. The summed E-state index contributed by atoms with van der Waals surface area (Å²) >= 11 is 0. The zero-order valence-electron chi connectivity index (χ0n) is 21.2. The third kappa shape index (κ3) is 4.71. The predicted molar refractivity (Wildman–Crippen MR) is 142 cm³/mol. The third-order valence-corrected chi connectivity index (χ3v) is 7.37. The van der Waals surface area contributed by atoms with E-state index >= 15 is 0 Å². The molecule has 190 valence electrons. The molecule has 1 saturated heterocycles. The van der Waals surface area contributed by atoms with E-state index in [-0.39, 0.29) is 11.3 Å². The number of amides is 1. The number of rotatable bonds is 7. The van der Waals surface area contributed by atoms with Crippen LogP contribution in [-0.4, -0.2) is 42.5 Å². The van der Waals surface area contributed by atoms with Gasteiger partial charge in [0.05, 0.1) is 25.8 Å². The SMILES string of the molecule is COc1ccc(CCN2C(=O)C(=O)/C(=C(\O)c3ccc4c(c3)CCCC4)C2c2ccccc2)cc1OC. The Labute approximate surface area is 217 Å². The van der Waals surface area contributed by atoms with Gasteiger partial charge >= 0.3 is 0 Å². The normalized spacial score (nSPS) is 18.5. The van der Waals surface area contributed by atoms with Crippen molar-refractivity contribution < 1.29 is 24.2 Å². The highest BCUT2D eigenvalue weighted by molar-refractivity contribution is 6.46. The molecule has 1 unspecified atom stereocenters. The van der Waals surface area contributed by atoms with Gasteiger partial charge in [-0.25, -0.2) is 0 Å². The van der Waals surface area contributed by atoms with Gasteiger partial charge < -0.3 is 19.5 Å². The van der Waals surface area contributed by atoms with Crippen molar-refractivity contribution >= 4 is 17.4 Å². The smallest absolute Gasteiger partial charge is 0.295 e. The summed E-state index contributed by atoms with van der Waals surface area (Å²) in [5, 5.41) is 11.4. The highest BCUT2D eigenvalue weighted by Gasteiger charge is 2.45. The first-order chi connectivity index (χ1) is 18.0. The van der Waals surface area contributed by atoms with Crippen LogP contribution in [0.25, 0.3) is 5.76 Å². The molecule has 0 aromatic heterocycles. The van der Waals surface area contributed by atoms with E-state index in [1.54, 1.807) is 19.1 Å². The molecule has 0 saturated carbocycles. The van der Waals surface area contributed by atoms with Gasteiger partial charge in [0.15, 0.2) is 11.5 Å². The molecule has 0 spiro atoms. The summed E-state index contributed by atoms with van der Waals surface area (Å²) < 4.78 is 10.7. The van der Waals surface area contributed by atoms with Gasteiger partial charge in [0.1, 0.15) is 5.76 Å². The number of ketones is 1. The molecule has 0 bridgehead atoms. The summed E-state index contributed by atoms with van der Waals surface area (Å²) in [4.78, 5) is 28.2. The Kier molecular flexibility index (Phi) is 6.99. The number of aliphatic hydroxyl groups is 1. The Morgan fingerprint density at radius 3 is 2.35 bits per heavy atom. The minimum absolute atomic E-state index is 0.116. The molecule has 2 aliphatic rings. The fraction of sp³-hybridized carbons (Fsp3) is 0.290. The monoisotopic (exact) mass is 497 g/mol. The summed E-state index contributed by atoms with van der Waals surface area (Å²) in [6.45, 7) is 0.306. The average molecular weight is 498 g/mol. The van der Waals surface area contributed by atoms with Crippen LogP contribution in [0.4, 0.5) is 0 Å². The lowest BCUT2D eigenvalue weighted by Gasteiger charge is -2.25. The molecule has 37 heavy (non-hydrogen) atoms. The number of fused-ring (bicyclic) bond motifs is 1. The van der Waals surface area contributed by atoms with Crippen molar-refractivity contribution in [1.82, 2.24) is 4.90 Å². The molecule has 3 aromatic carbocycles. The number of ether oxygens (including phenoxy) is 2. The molecule has 3 aromatic rings. The Morgan fingerprint density at radius 2 is 1.62 bits per heavy atom.